The van der Waals surface area contributed by atoms with E-state index in [0.29, 0.717) is 0 Å². The van der Waals surface area contributed by atoms with Crippen LogP contribution in [0.15, 0.2) is 76.5 Å². The topological polar surface area (TPSA) is 0 Å². The molecule has 0 unspecified atom stereocenters. The Hall–Kier alpha value is -1.99. The van der Waals surface area contributed by atoms with Gasteiger partial charge in [0, 0.05) is 9.79 Å². The van der Waals surface area contributed by atoms with E-state index in [9.17, 15) is 0 Å². The van der Waals surface area contributed by atoms with Gasteiger partial charge in [0.15, 0.2) is 0 Å². The molecule has 0 radical (unpaired) electrons. The lowest BCUT2D eigenvalue weighted by Gasteiger charge is -2.42. The Labute approximate surface area is 174 Å². The molecule has 3 aromatic rings. The maximum absolute atomic E-state index is 2.45. The lowest BCUT2D eigenvalue weighted by atomic mass is 9.63. The summed E-state index contributed by atoms with van der Waals surface area (Å²) >= 11 is 1.83. The highest BCUT2D eigenvalue weighted by Crippen LogP contribution is 2.47. The van der Waals surface area contributed by atoms with Gasteiger partial charge in [-0.1, -0.05) is 87.5 Å². The molecular formula is C27H30S. The summed E-state index contributed by atoms with van der Waals surface area (Å²) in [6, 6.07) is 24.9. The van der Waals surface area contributed by atoms with Crippen LogP contribution in [0, 0.1) is 6.92 Å². The Morgan fingerprint density at radius 1 is 0.643 bits per heavy atom. The summed E-state index contributed by atoms with van der Waals surface area (Å²) in [7, 11) is 0. The monoisotopic (exact) mass is 386 g/mol. The largest absolute Gasteiger partial charge is 0.0901 e. The van der Waals surface area contributed by atoms with E-state index in [1.165, 1.54) is 50.4 Å². The van der Waals surface area contributed by atoms with Crippen LogP contribution in [0.4, 0.5) is 0 Å². The second-order valence-corrected chi connectivity index (χ2v) is 10.6. The van der Waals surface area contributed by atoms with Crippen molar-refractivity contribution >= 4 is 11.8 Å². The summed E-state index contributed by atoms with van der Waals surface area (Å²) in [6.07, 6.45) is 2.51. The average molecular weight is 387 g/mol. The van der Waals surface area contributed by atoms with Gasteiger partial charge in [0.25, 0.3) is 0 Å². The molecule has 0 nitrogen and oxygen atoms in total. The van der Waals surface area contributed by atoms with Crippen molar-refractivity contribution in [2.24, 2.45) is 0 Å². The molecule has 0 bridgehead atoms. The summed E-state index contributed by atoms with van der Waals surface area (Å²) in [6.45, 7) is 11.7. The third-order valence-corrected chi connectivity index (χ3v) is 7.27. The van der Waals surface area contributed by atoms with E-state index in [-0.39, 0.29) is 10.8 Å². The zero-order valence-corrected chi connectivity index (χ0v) is 18.5. The molecule has 0 amide bonds. The Balaban J connectivity index is 1.69. The van der Waals surface area contributed by atoms with Gasteiger partial charge in [0.05, 0.1) is 0 Å². The first kappa shape index (κ1) is 19.3. The summed E-state index contributed by atoms with van der Waals surface area (Å²) in [5.74, 6) is 0. The van der Waals surface area contributed by atoms with Gasteiger partial charge in [-0.15, -0.1) is 0 Å². The van der Waals surface area contributed by atoms with Crippen molar-refractivity contribution in [1.29, 1.82) is 0 Å². The normalized spacial score (nSPS) is 17.2. The van der Waals surface area contributed by atoms with Crippen molar-refractivity contribution in [3.63, 3.8) is 0 Å². The summed E-state index contributed by atoms with van der Waals surface area (Å²) < 4.78 is 0. The van der Waals surface area contributed by atoms with E-state index in [0.717, 1.165) is 0 Å². The minimum Gasteiger partial charge on any atom is -0.0901 e. The van der Waals surface area contributed by atoms with E-state index < -0.39 is 0 Å². The molecule has 0 aliphatic heterocycles. The molecule has 1 aliphatic carbocycles. The predicted octanol–water partition coefficient (Wildman–Crippen LogP) is 8.16. The minimum absolute atomic E-state index is 0.245. The maximum atomic E-state index is 2.45. The molecule has 4 rings (SSSR count). The number of benzene rings is 3. The van der Waals surface area contributed by atoms with Gasteiger partial charge in [-0.2, -0.15) is 0 Å². The number of fused-ring (bicyclic) bond motifs is 1. The molecule has 0 saturated heterocycles. The van der Waals surface area contributed by atoms with Gasteiger partial charge in [-0.3, -0.25) is 0 Å². The van der Waals surface area contributed by atoms with Crippen LogP contribution in [0.3, 0.4) is 0 Å². The van der Waals surface area contributed by atoms with Crippen molar-refractivity contribution in [3.05, 3.63) is 83.4 Å². The van der Waals surface area contributed by atoms with Gasteiger partial charge in [-0.05, 0) is 77.1 Å². The lowest BCUT2D eigenvalue weighted by Crippen LogP contribution is -2.33. The molecule has 144 valence electrons. The Bertz CT molecular complexity index is 993. The van der Waals surface area contributed by atoms with Crippen molar-refractivity contribution < 1.29 is 0 Å². The second-order valence-electron chi connectivity index (χ2n) is 9.47. The first-order valence-electron chi connectivity index (χ1n) is 10.2. The van der Waals surface area contributed by atoms with Crippen LogP contribution in [-0.4, -0.2) is 0 Å². The minimum atomic E-state index is 0.245. The molecule has 1 heteroatoms. The Morgan fingerprint density at radius 3 is 2.00 bits per heavy atom. The summed E-state index contributed by atoms with van der Waals surface area (Å²) in [5.41, 5.74) is 7.50. The zero-order chi connectivity index (χ0) is 19.9. The quantitative estimate of drug-likeness (QED) is 0.437. The van der Waals surface area contributed by atoms with Crippen LogP contribution in [0.25, 0.3) is 11.1 Å². The van der Waals surface area contributed by atoms with Crippen LogP contribution in [0.1, 0.15) is 57.2 Å². The molecule has 0 atom stereocenters. The summed E-state index contributed by atoms with van der Waals surface area (Å²) in [5, 5.41) is 0. The Kier molecular flexibility index (Phi) is 4.91. The second kappa shape index (κ2) is 7.12. The molecule has 0 aromatic heterocycles. The highest BCUT2D eigenvalue weighted by molar-refractivity contribution is 7.99. The molecule has 0 heterocycles. The van der Waals surface area contributed by atoms with Gasteiger partial charge in [-0.25, -0.2) is 0 Å². The van der Waals surface area contributed by atoms with Gasteiger partial charge >= 0.3 is 0 Å². The smallest absolute Gasteiger partial charge is 0.0128 e. The van der Waals surface area contributed by atoms with E-state index in [1.807, 2.05) is 11.8 Å². The average Bonchev–Trinajstić information content (AvgIpc) is 2.67. The lowest BCUT2D eigenvalue weighted by molar-refractivity contribution is 0.332. The van der Waals surface area contributed by atoms with Gasteiger partial charge in [0.2, 0.25) is 0 Å². The van der Waals surface area contributed by atoms with Crippen LogP contribution in [-0.2, 0) is 10.8 Å². The molecule has 0 N–H and O–H groups in total. The van der Waals surface area contributed by atoms with Crippen molar-refractivity contribution in [3.8, 4) is 11.1 Å². The van der Waals surface area contributed by atoms with Crippen LogP contribution >= 0.6 is 11.8 Å². The van der Waals surface area contributed by atoms with Crippen molar-refractivity contribution in [2.75, 3.05) is 0 Å². The molecule has 3 aromatic carbocycles. The van der Waals surface area contributed by atoms with Gasteiger partial charge in [0.1, 0.15) is 0 Å². The van der Waals surface area contributed by atoms with Crippen LogP contribution in [0.5, 0.6) is 0 Å². The highest BCUT2D eigenvalue weighted by Gasteiger charge is 2.36. The molecule has 28 heavy (non-hydrogen) atoms. The van der Waals surface area contributed by atoms with Crippen molar-refractivity contribution in [1.82, 2.24) is 0 Å². The molecule has 0 spiro atoms. The van der Waals surface area contributed by atoms with Crippen LogP contribution < -0.4 is 0 Å². The van der Waals surface area contributed by atoms with E-state index in [2.05, 4.69) is 101 Å². The third-order valence-electron chi connectivity index (χ3n) is 6.28. The first-order chi connectivity index (χ1) is 13.2. The number of aryl methyl sites for hydroxylation is 1. The zero-order valence-electron chi connectivity index (χ0n) is 17.7. The summed E-state index contributed by atoms with van der Waals surface area (Å²) in [4.78, 5) is 2.58. The highest BCUT2D eigenvalue weighted by atomic mass is 32.2. The fraction of sp³-hybridized carbons (Fsp3) is 0.333. The number of hydrogen-bond donors (Lipinski definition) is 0. The van der Waals surface area contributed by atoms with Crippen molar-refractivity contribution in [2.45, 2.75) is 68.1 Å². The van der Waals surface area contributed by atoms with Crippen LogP contribution in [0.2, 0.25) is 0 Å². The predicted molar refractivity (Wildman–Crippen MR) is 122 cm³/mol. The van der Waals surface area contributed by atoms with Gasteiger partial charge < -0.3 is 0 Å². The first-order valence-corrected chi connectivity index (χ1v) is 11.1. The van der Waals surface area contributed by atoms with E-state index in [4.69, 9.17) is 0 Å². The number of hydrogen-bond acceptors (Lipinski definition) is 1. The fourth-order valence-corrected chi connectivity index (χ4v) is 5.13. The van der Waals surface area contributed by atoms with E-state index >= 15 is 0 Å². The SMILES string of the molecule is Cc1ccc(Sc2cccc(-c3ccc4c(c3)C(C)(C)CCC4(C)C)c2)cc1. The molecule has 1 aliphatic rings. The molecular weight excluding hydrogens is 356 g/mol. The molecule has 0 fully saturated rings. The maximum Gasteiger partial charge on any atom is 0.0128 e. The Morgan fingerprint density at radius 2 is 1.29 bits per heavy atom. The third kappa shape index (κ3) is 3.78. The molecule has 0 saturated carbocycles. The van der Waals surface area contributed by atoms with E-state index in [1.54, 1.807) is 0 Å². The number of rotatable bonds is 3. The fourth-order valence-electron chi connectivity index (χ4n) is 4.25. The standard InChI is InChI=1S/C27H30S/c1-19-9-12-22(13-10-19)28-23-8-6-7-20(17-23)21-11-14-24-25(18-21)27(4,5)16-15-26(24,2)3/h6-14,17-18H,15-16H2,1-5H3.